The number of rotatable bonds is 8. The van der Waals surface area contributed by atoms with Crippen LogP contribution in [-0.4, -0.2) is 33.3 Å². The van der Waals surface area contributed by atoms with E-state index in [-0.39, 0.29) is 12.1 Å². The van der Waals surface area contributed by atoms with Crippen LogP contribution in [0.1, 0.15) is 33.1 Å². The molecule has 0 radical (unpaired) electrons. The molecule has 0 amide bonds. The van der Waals surface area contributed by atoms with Crippen molar-refractivity contribution in [3.05, 3.63) is 18.7 Å². The lowest BCUT2D eigenvalue weighted by molar-refractivity contribution is 0.150. The first-order valence-corrected chi connectivity index (χ1v) is 6.08. The van der Waals surface area contributed by atoms with Gasteiger partial charge in [0.1, 0.15) is 0 Å². The van der Waals surface area contributed by atoms with Crippen molar-refractivity contribution in [2.75, 3.05) is 13.2 Å². The monoisotopic (exact) mass is 225 g/mol. The Morgan fingerprint density at radius 2 is 2.12 bits per heavy atom. The average molecular weight is 225 g/mol. The summed E-state index contributed by atoms with van der Waals surface area (Å²) in [7, 11) is 0. The van der Waals surface area contributed by atoms with E-state index < -0.39 is 0 Å². The highest BCUT2D eigenvalue weighted by molar-refractivity contribution is 4.84. The SMILES string of the molecule is CCC(CC)(CO)NCCCn1ccnc1. The maximum Gasteiger partial charge on any atom is 0.0945 e. The van der Waals surface area contributed by atoms with E-state index >= 15 is 0 Å². The van der Waals surface area contributed by atoms with Gasteiger partial charge in [-0.3, -0.25) is 0 Å². The van der Waals surface area contributed by atoms with Gasteiger partial charge in [0.2, 0.25) is 0 Å². The van der Waals surface area contributed by atoms with Gasteiger partial charge in [0, 0.05) is 24.5 Å². The van der Waals surface area contributed by atoms with E-state index in [1.54, 1.807) is 6.20 Å². The van der Waals surface area contributed by atoms with Crippen LogP contribution in [0.3, 0.4) is 0 Å². The highest BCUT2D eigenvalue weighted by atomic mass is 16.3. The van der Waals surface area contributed by atoms with E-state index in [1.807, 2.05) is 12.5 Å². The van der Waals surface area contributed by atoms with Crippen LogP contribution in [0.4, 0.5) is 0 Å². The molecule has 0 aromatic carbocycles. The molecule has 0 aliphatic carbocycles. The second-order valence-corrected chi connectivity index (χ2v) is 4.23. The molecule has 16 heavy (non-hydrogen) atoms. The Morgan fingerprint density at radius 3 is 2.62 bits per heavy atom. The number of nitrogens with zero attached hydrogens (tertiary/aromatic N) is 2. The molecule has 0 aliphatic heterocycles. The average Bonchev–Trinajstić information content (AvgIpc) is 2.83. The first-order valence-electron chi connectivity index (χ1n) is 6.08. The molecule has 0 atom stereocenters. The summed E-state index contributed by atoms with van der Waals surface area (Å²) >= 11 is 0. The van der Waals surface area contributed by atoms with E-state index in [1.165, 1.54) is 0 Å². The van der Waals surface area contributed by atoms with Crippen LogP contribution in [0.25, 0.3) is 0 Å². The number of nitrogens with one attached hydrogen (secondary N) is 1. The van der Waals surface area contributed by atoms with Crippen molar-refractivity contribution in [1.82, 2.24) is 14.9 Å². The maximum absolute atomic E-state index is 9.38. The molecule has 0 unspecified atom stereocenters. The molecule has 0 aliphatic rings. The molecule has 1 aromatic rings. The fraction of sp³-hybridized carbons (Fsp3) is 0.750. The Hall–Kier alpha value is -0.870. The third-order valence-electron chi connectivity index (χ3n) is 3.31. The summed E-state index contributed by atoms with van der Waals surface area (Å²) in [6.45, 7) is 6.35. The van der Waals surface area contributed by atoms with Crippen LogP contribution in [0.15, 0.2) is 18.7 Å². The zero-order valence-corrected chi connectivity index (χ0v) is 10.3. The largest absolute Gasteiger partial charge is 0.394 e. The lowest BCUT2D eigenvalue weighted by atomic mass is 9.94. The summed E-state index contributed by atoms with van der Waals surface area (Å²) in [4.78, 5) is 4.00. The lowest BCUT2D eigenvalue weighted by Gasteiger charge is -2.31. The molecule has 0 saturated heterocycles. The minimum absolute atomic E-state index is 0.0884. The van der Waals surface area contributed by atoms with Gasteiger partial charge in [-0.1, -0.05) is 13.8 Å². The Bertz CT molecular complexity index is 260. The van der Waals surface area contributed by atoms with E-state index in [0.29, 0.717) is 0 Å². The van der Waals surface area contributed by atoms with Crippen molar-refractivity contribution in [3.63, 3.8) is 0 Å². The van der Waals surface area contributed by atoms with Crippen LogP contribution in [0.2, 0.25) is 0 Å². The number of hydrogen-bond acceptors (Lipinski definition) is 3. The predicted octanol–water partition coefficient (Wildman–Crippen LogP) is 1.41. The van der Waals surface area contributed by atoms with E-state index in [2.05, 4.69) is 28.7 Å². The van der Waals surface area contributed by atoms with Crippen LogP contribution in [0, 0.1) is 0 Å². The Morgan fingerprint density at radius 1 is 1.38 bits per heavy atom. The molecule has 0 fully saturated rings. The van der Waals surface area contributed by atoms with Crippen molar-refractivity contribution >= 4 is 0 Å². The van der Waals surface area contributed by atoms with Gasteiger partial charge in [0.05, 0.1) is 12.9 Å². The van der Waals surface area contributed by atoms with Crippen molar-refractivity contribution in [3.8, 4) is 0 Å². The smallest absolute Gasteiger partial charge is 0.0945 e. The first kappa shape index (κ1) is 13.2. The minimum atomic E-state index is -0.0884. The van der Waals surface area contributed by atoms with Gasteiger partial charge >= 0.3 is 0 Å². The second kappa shape index (κ2) is 6.66. The van der Waals surface area contributed by atoms with E-state index in [9.17, 15) is 5.11 Å². The zero-order chi connectivity index (χ0) is 11.9. The first-order chi connectivity index (χ1) is 7.76. The summed E-state index contributed by atoms with van der Waals surface area (Å²) in [6.07, 6.45) is 8.58. The van der Waals surface area contributed by atoms with Crippen LogP contribution in [-0.2, 0) is 6.54 Å². The van der Waals surface area contributed by atoms with Gasteiger partial charge in [0.15, 0.2) is 0 Å². The van der Waals surface area contributed by atoms with Gasteiger partial charge in [0.25, 0.3) is 0 Å². The molecular formula is C12H23N3O. The highest BCUT2D eigenvalue weighted by Gasteiger charge is 2.23. The normalized spacial score (nSPS) is 11.9. The number of hydrogen-bond donors (Lipinski definition) is 2. The summed E-state index contributed by atoms with van der Waals surface area (Å²) < 4.78 is 2.07. The maximum atomic E-state index is 9.38. The van der Waals surface area contributed by atoms with Crippen molar-refractivity contribution < 1.29 is 5.11 Å². The van der Waals surface area contributed by atoms with Crippen LogP contribution in [0.5, 0.6) is 0 Å². The summed E-state index contributed by atoms with van der Waals surface area (Å²) in [5.74, 6) is 0. The van der Waals surface area contributed by atoms with Crippen molar-refractivity contribution in [2.24, 2.45) is 0 Å². The minimum Gasteiger partial charge on any atom is -0.394 e. The van der Waals surface area contributed by atoms with E-state index in [0.717, 1.165) is 32.4 Å². The Balaban J connectivity index is 2.23. The van der Waals surface area contributed by atoms with Gasteiger partial charge in [-0.25, -0.2) is 4.98 Å². The Labute approximate surface area is 97.7 Å². The predicted molar refractivity (Wildman–Crippen MR) is 65.2 cm³/mol. The molecule has 0 saturated carbocycles. The second-order valence-electron chi connectivity index (χ2n) is 4.23. The fourth-order valence-corrected chi connectivity index (χ4v) is 1.81. The van der Waals surface area contributed by atoms with Gasteiger partial charge in [-0.15, -0.1) is 0 Å². The highest BCUT2D eigenvalue weighted by Crippen LogP contribution is 2.13. The molecule has 1 heterocycles. The standard InChI is InChI=1S/C12H23N3O/c1-3-12(4-2,10-16)14-6-5-8-15-9-7-13-11-15/h7,9,11,14,16H,3-6,8,10H2,1-2H3. The van der Waals surface area contributed by atoms with Crippen molar-refractivity contribution in [2.45, 2.75) is 45.2 Å². The quantitative estimate of drug-likeness (QED) is 0.658. The van der Waals surface area contributed by atoms with Gasteiger partial charge < -0.3 is 15.0 Å². The molecule has 0 spiro atoms. The number of aryl methyl sites for hydroxylation is 1. The molecule has 4 heteroatoms. The number of aromatic nitrogens is 2. The Kier molecular flexibility index (Phi) is 5.49. The fourth-order valence-electron chi connectivity index (χ4n) is 1.81. The topological polar surface area (TPSA) is 50.1 Å². The molecule has 2 N–H and O–H groups in total. The third-order valence-corrected chi connectivity index (χ3v) is 3.31. The number of aliphatic hydroxyl groups excluding tert-OH is 1. The summed E-state index contributed by atoms with van der Waals surface area (Å²) in [5, 5.41) is 12.8. The van der Waals surface area contributed by atoms with Crippen molar-refractivity contribution in [1.29, 1.82) is 0 Å². The number of aliphatic hydroxyl groups is 1. The van der Waals surface area contributed by atoms with Gasteiger partial charge in [-0.05, 0) is 25.8 Å². The summed E-state index contributed by atoms with van der Waals surface area (Å²) in [6, 6.07) is 0. The van der Waals surface area contributed by atoms with Crippen LogP contribution >= 0.6 is 0 Å². The zero-order valence-electron chi connectivity index (χ0n) is 10.3. The number of imidazole rings is 1. The summed E-state index contributed by atoms with van der Waals surface area (Å²) in [5.41, 5.74) is -0.0884. The lowest BCUT2D eigenvalue weighted by Crippen LogP contribution is -2.48. The molecular weight excluding hydrogens is 202 g/mol. The molecule has 0 bridgehead atoms. The molecule has 92 valence electrons. The molecule has 4 nitrogen and oxygen atoms in total. The molecule has 1 rings (SSSR count). The molecule has 1 aromatic heterocycles. The van der Waals surface area contributed by atoms with Crippen LogP contribution < -0.4 is 5.32 Å². The third kappa shape index (κ3) is 3.61. The van der Waals surface area contributed by atoms with Gasteiger partial charge in [-0.2, -0.15) is 0 Å². The van der Waals surface area contributed by atoms with E-state index in [4.69, 9.17) is 0 Å².